The summed E-state index contributed by atoms with van der Waals surface area (Å²) in [6, 6.07) is 9.36. The van der Waals surface area contributed by atoms with Gasteiger partial charge < -0.3 is 18.6 Å². The average molecular weight is 394 g/mol. The minimum absolute atomic E-state index is 0.0365. The molecule has 2 aromatic carbocycles. The Hall–Kier alpha value is -2.95. The Balaban J connectivity index is 1.93. The van der Waals surface area contributed by atoms with Gasteiger partial charge in [0.05, 0.1) is 17.1 Å². The lowest BCUT2D eigenvalue weighted by atomic mass is 9.99. The largest absolute Gasteiger partial charge is 0.491 e. The van der Waals surface area contributed by atoms with E-state index in [1.54, 1.807) is 0 Å². The van der Waals surface area contributed by atoms with E-state index in [2.05, 4.69) is 6.92 Å². The van der Waals surface area contributed by atoms with Crippen LogP contribution in [0.3, 0.4) is 0 Å². The monoisotopic (exact) mass is 394 g/mol. The Morgan fingerprint density at radius 3 is 2.45 bits per heavy atom. The van der Waals surface area contributed by atoms with Crippen LogP contribution in [0.15, 0.2) is 39.5 Å². The van der Waals surface area contributed by atoms with Crippen molar-refractivity contribution in [3.8, 4) is 28.4 Å². The average Bonchev–Trinajstić information content (AvgIpc) is 2.72. The van der Waals surface area contributed by atoms with Gasteiger partial charge in [0.2, 0.25) is 5.43 Å². The fourth-order valence-corrected chi connectivity index (χ4v) is 3.69. The lowest BCUT2D eigenvalue weighted by Gasteiger charge is -2.19. The van der Waals surface area contributed by atoms with E-state index in [9.17, 15) is 4.79 Å². The Labute approximate surface area is 170 Å². The summed E-state index contributed by atoms with van der Waals surface area (Å²) in [7, 11) is 0. The third kappa shape index (κ3) is 3.57. The summed E-state index contributed by atoms with van der Waals surface area (Å²) in [5.74, 6) is 2.78. The van der Waals surface area contributed by atoms with Gasteiger partial charge in [-0.1, -0.05) is 19.9 Å². The third-order valence-electron chi connectivity index (χ3n) is 5.04. The van der Waals surface area contributed by atoms with Crippen LogP contribution < -0.4 is 19.6 Å². The van der Waals surface area contributed by atoms with Crippen LogP contribution >= 0.6 is 0 Å². The van der Waals surface area contributed by atoms with Crippen molar-refractivity contribution in [3.63, 3.8) is 0 Å². The molecule has 4 rings (SSSR count). The van der Waals surface area contributed by atoms with Gasteiger partial charge >= 0.3 is 0 Å². The topological polar surface area (TPSA) is 57.9 Å². The molecule has 0 bridgehead atoms. The highest BCUT2D eigenvalue weighted by Gasteiger charge is 2.20. The highest BCUT2D eigenvalue weighted by molar-refractivity contribution is 5.85. The van der Waals surface area contributed by atoms with Gasteiger partial charge in [0.15, 0.2) is 11.5 Å². The second-order valence-electron chi connectivity index (χ2n) is 7.42. The first-order valence-corrected chi connectivity index (χ1v) is 10.2. The summed E-state index contributed by atoms with van der Waals surface area (Å²) in [5.41, 5.74) is 2.88. The molecule has 5 heteroatoms. The zero-order chi connectivity index (χ0) is 20.5. The quantitative estimate of drug-likeness (QED) is 0.599. The Morgan fingerprint density at radius 1 is 1.00 bits per heavy atom. The molecular weight excluding hydrogens is 368 g/mol. The smallest absolute Gasteiger partial charge is 0.200 e. The molecule has 0 radical (unpaired) electrons. The summed E-state index contributed by atoms with van der Waals surface area (Å²) in [4.78, 5) is 13.5. The van der Waals surface area contributed by atoms with Crippen LogP contribution in [0.1, 0.15) is 39.0 Å². The van der Waals surface area contributed by atoms with Crippen LogP contribution in [0, 0.1) is 0 Å². The molecule has 1 aliphatic rings. The van der Waals surface area contributed by atoms with E-state index < -0.39 is 0 Å². The number of fused-ring (bicyclic) bond motifs is 2. The molecule has 2 heterocycles. The molecule has 0 amide bonds. The van der Waals surface area contributed by atoms with Crippen LogP contribution in [0.4, 0.5) is 0 Å². The SMILES string of the molecule is CCc1cc2c(=O)c(-c3ccc4c(c3)OCCO4)c(CC)oc2cc1OC(C)C. The van der Waals surface area contributed by atoms with E-state index in [0.717, 1.165) is 23.3 Å². The van der Waals surface area contributed by atoms with Crippen LogP contribution in [0.5, 0.6) is 17.2 Å². The van der Waals surface area contributed by atoms with Crippen molar-refractivity contribution in [3.05, 3.63) is 51.9 Å². The van der Waals surface area contributed by atoms with Crippen LogP contribution in [-0.2, 0) is 12.8 Å². The number of rotatable bonds is 5. The van der Waals surface area contributed by atoms with Crippen molar-refractivity contribution < 1.29 is 18.6 Å². The molecule has 0 N–H and O–H groups in total. The standard InChI is InChI=1S/C24H26O5/c1-5-15-11-17-21(13-20(15)28-14(3)4)29-18(6-2)23(24(17)25)16-7-8-19-22(12-16)27-10-9-26-19/h7-8,11-14H,5-6,9-10H2,1-4H3. The fourth-order valence-electron chi connectivity index (χ4n) is 3.69. The highest BCUT2D eigenvalue weighted by Crippen LogP contribution is 2.36. The van der Waals surface area contributed by atoms with E-state index in [4.69, 9.17) is 18.6 Å². The summed E-state index contributed by atoms with van der Waals surface area (Å²) < 4.78 is 23.4. The minimum atomic E-state index is -0.0365. The van der Waals surface area contributed by atoms with Crippen molar-refractivity contribution in [2.45, 2.75) is 46.6 Å². The molecule has 0 saturated heterocycles. The van der Waals surface area contributed by atoms with E-state index >= 15 is 0 Å². The summed E-state index contributed by atoms with van der Waals surface area (Å²) >= 11 is 0. The zero-order valence-corrected chi connectivity index (χ0v) is 17.3. The van der Waals surface area contributed by atoms with Crippen LogP contribution in [0.25, 0.3) is 22.1 Å². The van der Waals surface area contributed by atoms with Crippen molar-refractivity contribution >= 4 is 11.0 Å². The summed E-state index contributed by atoms with van der Waals surface area (Å²) in [6.45, 7) is 9.05. The van der Waals surface area contributed by atoms with Crippen molar-refractivity contribution in [2.24, 2.45) is 0 Å². The number of hydrogen-bond acceptors (Lipinski definition) is 5. The first-order valence-electron chi connectivity index (χ1n) is 10.2. The number of ether oxygens (including phenoxy) is 3. The van der Waals surface area contributed by atoms with E-state index in [0.29, 0.717) is 53.4 Å². The van der Waals surface area contributed by atoms with Gasteiger partial charge in [-0.2, -0.15) is 0 Å². The molecule has 0 saturated carbocycles. The normalized spacial score (nSPS) is 13.1. The molecule has 5 nitrogen and oxygen atoms in total. The Kier molecular flexibility index (Phi) is 5.22. The molecule has 1 aliphatic heterocycles. The van der Waals surface area contributed by atoms with Crippen molar-refractivity contribution in [2.75, 3.05) is 13.2 Å². The van der Waals surface area contributed by atoms with Gasteiger partial charge in [-0.3, -0.25) is 4.79 Å². The Morgan fingerprint density at radius 2 is 1.76 bits per heavy atom. The van der Waals surface area contributed by atoms with E-state index in [1.807, 2.05) is 51.1 Å². The number of hydrogen-bond donors (Lipinski definition) is 0. The van der Waals surface area contributed by atoms with Crippen molar-refractivity contribution in [1.29, 1.82) is 0 Å². The summed E-state index contributed by atoms with van der Waals surface area (Å²) in [5, 5.41) is 0.569. The van der Waals surface area contributed by atoms with Crippen LogP contribution in [-0.4, -0.2) is 19.3 Å². The molecule has 1 aromatic heterocycles. The molecule has 0 atom stereocenters. The van der Waals surface area contributed by atoms with Gasteiger partial charge in [-0.15, -0.1) is 0 Å². The molecule has 0 spiro atoms. The lowest BCUT2D eigenvalue weighted by molar-refractivity contribution is 0.171. The zero-order valence-electron chi connectivity index (χ0n) is 17.3. The first-order chi connectivity index (χ1) is 14.0. The molecule has 0 unspecified atom stereocenters. The predicted molar refractivity (Wildman–Crippen MR) is 113 cm³/mol. The first kappa shape index (κ1) is 19.4. The number of benzene rings is 2. The maximum atomic E-state index is 13.5. The van der Waals surface area contributed by atoms with Gasteiger partial charge in [-0.05, 0) is 49.6 Å². The molecule has 0 fully saturated rings. The third-order valence-corrected chi connectivity index (χ3v) is 5.04. The molecule has 3 aromatic rings. The minimum Gasteiger partial charge on any atom is -0.491 e. The molecule has 29 heavy (non-hydrogen) atoms. The van der Waals surface area contributed by atoms with Crippen molar-refractivity contribution in [1.82, 2.24) is 0 Å². The predicted octanol–water partition coefficient (Wildman–Crippen LogP) is 5.14. The van der Waals surface area contributed by atoms with Gasteiger partial charge in [0.1, 0.15) is 30.3 Å². The lowest BCUT2D eigenvalue weighted by Crippen LogP contribution is -2.16. The second-order valence-corrected chi connectivity index (χ2v) is 7.42. The maximum absolute atomic E-state index is 13.5. The van der Waals surface area contributed by atoms with Gasteiger partial charge in [0.25, 0.3) is 0 Å². The number of aryl methyl sites for hydroxylation is 2. The van der Waals surface area contributed by atoms with E-state index in [1.165, 1.54) is 0 Å². The molecule has 0 aliphatic carbocycles. The van der Waals surface area contributed by atoms with Crippen LogP contribution in [0.2, 0.25) is 0 Å². The Bertz CT molecular complexity index is 1110. The van der Waals surface area contributed by atoms with Gasteiger partial charge in [0, 0.05) is 12.5 Å². The van der Waals surface area contributed by atoms with E-state index in [-0.39, 0.29) is 11.5 Å². The highest BCUT2D eigenvalue weighted by atomic mass is 16.6. The fraction of sp³-hybridized carbons (Fsp3) is 0.375. The van der Waals surface area contributed by atoms with Gasteiger partial charge in [-0.25, -0.2) is 0 Å². The molecule has 152 valence electrons. The molecular formula is C24H26O5. The second kappa shape index (κ2) is 7.82. The maximum Gasteiger partial charge on any atom is 0.200 e. The summed E-state index contributed by atoms with van der Waals surface area (Å²) in [6.07, 6.45) is 1.42.